The SMILES string of the molecule is CC1c2cc3c4c(COCc5cccnc5)c2OCOc2c1cc1c(c2COCc2cccnc2)OCOc2c(cc5c(c2COCc2cccnc2)OCOc2c(cc(c(c2COCc2cccnc2)OCO4)C3C)C5C)C1C. The molecule has 4 aromatic heterocycles. The fourth-order valence-electron chi connectivity index (χ4n) is 11.7. The summed E-state index contributed by atoms with van der Waals surface area (Å²) in [5, 5.41) is 0. The predicted molar refractivity (Wildman–Crippen MR) is 291 cm³/mol. The summed E-state index contributed by atoms with van der Waals surface area (Å²) in [5.74, 6) is 3.63. The third-order valence-corrected chi connectivity index (χ3v) is 15.8. The minimum atomic E-state index is -0.323. The first-order chi connectivity index (χ1) is 39.4. The quantitative estimate of drug-likeness (QED) is 0.0897. The highest BCUT2D eigenvalue weighted by Gasteiger charge is 2.39. The molecule has 0 saturated heterocycles. The van der Waals surface area contributed by atoms with Crippen molar-refractivity contribution in [2.45, 2.75) is 104 Å². The molecule has 0 spiro atoms. The van der Waals surface area contributed by atoms with Crippen molar-refractivity contribution in [3.8, 4) is 46.0 Å². The Morgan fingerprint density at radius 3 is 0.688 bits per heavy atom. The molecule has 408 valence electrons. The Labute approximate surface area is 463 Å². The van der Waals surface area contributed by atoms with E-state index in [1.54, 1.807) is 24.8 Å². The highest BCUT2D eigenvalue weighted by atomic mass is 16.7. The molecular formula is C64H60N4O12. The predicted octanol–water partition coefficient (Wildman–Crippen LogP) is 12.0. The van der Waals surface area contributed by atoms with Crippen molar-refractivity contribution < 1.29 is 56.8 Å². The van der Waals surface area contributed by atoms with Crippen molar-refractivity contribution >= 4 is 0 Å². The molecule has 8 heterocycles. The van der Waals surface area contributed by atoms with Crippen LogP contribution in [0, 0.1) is 0 Å². The van der Waals surface area contributed by atoms with Gasteiger partial charge in [0, 0.05) is 118 Å². The summed E-state index contributed by atoms with van der Waals surface area (Å²) < 4.78 is 81.3. The second-order valence-corrected chi connectivity index (χ2v) is 20.7. The summed E-state index contributed by atoms with van der Waals surface area (Å²) in [6.07, 6.45) is 14.2. The maximum Gasteiger partial charge on any atom is 0.230 e. The molecule has 16 nitrogen and oxygen atoms in total. The van der Waals surface area contributed by atoms with E-state index in [9.17, 15) is 0 Å². The Kier molecular flexibility index (Phi) is 14.4. The van der Waals surface area contributed by atoms with E-state index in [1.165, 1.54) is 0 Å². The molecule has 4 aromatic carbocycles. The lowest BCUT2D eigenvalue weighted by atomic mass is 9.78. The van der Waals surface area contributed by atoms with Gasteiger partial charge in [-0.05, 0) is 70.8 Å². The molecule has 0 unspecified atom stereocenters. The lowest BCUT2D eigenvalue weighted by molar-refractivity contribution is 0.0670. The molecule has 0 atom stereocenters. The summed E-state index contributed by atoms with van der Waals surface area (Å²) in [4.78, 5) is 17.4. The topological polar surface area (TPSA) is 162 Å². The Bertz CT molecular complexity index is 2970. The highest BCUT2D eigenvalue weighted by Crippen LogP contribution is 2.56. The van der Waals surface area contributed by atoms with E-state index in [0.717, 1.165) is 89.0 Å². The fraction of sp³-hybridized carbons (Fsp3) is 0.312. The number of nitrogens with zero attached hydrogens (tertiary/aromatic N) is 4. The standard InChI is InChI=1S/C64H60N4O12/c1-37-45-17-47-38(2)49-19-51-40(4)52-20-50-39(3)48-18-46(37)58-54(30-70-26-42-10-6-14-66-22-42)60(48)76-35-78-62(50)56(32-72-28-44-12-8-16-68-24-44)64(52)80-36-79-63(51)55(31-71-27-43-11-7-15-67-23-43)61(49)77-34-75-59(47)53(57(45)73-33-74-58)29-69-25-41-9-5-13-65-21-41/h5-24,37-40H,25-36H2,1-4H3. The van der Waals surface area contributed by atoms with Gasteiger partial charge in [0.25, 0.3) is 0 Å². The minimum Gasteiger partial charge on any atom is -0.457 e. The van der Waals surface area contributed by atoms with Crippen LogP contribution >= 0.6 is 0 Å². The zero-order valence-electron chi connectivity index (χ0n) is 45.0. The van der Waals surface area contributed by atoms with Crippen molar-refractivity contribution in [1.82, 2.24) is 19.9 Å². The van der Waals surface area contributed by atoms with Crippen molar-refractivity contribution in [3.05, 3.63) is 211 Å². The van der Waals surface area contributed by atoms with E-state index < -0.39 is 0 Å². The number of aromatic nitrogens is 4. The van der Waals surface area contributed by atoms with Crippen molar-refractivity contribution in [2.24, 2.45) is 0 Å². The van der Waals surface area contributed by atoms with Gasteiger partial charge in [-0.25, -0.2) is 0 Å². The molecule has 0 radical (unpaired) electrons. The zero-order valence-corrected chi connectivity index (χ0v) is 45.0. The summed E-state index contributed by atoms with van der Waals surface area (Å²) in [6, 6.07) is 24.5. The third-order valence-electron chi connectivity index (χ3n) is 15.8. The molecule has 0 fully saturated rings. The Hall–Kier alpha value is -8.28. The number of rotatable bonds is 16. The highest BCUT2D eigenvalue weighted by molar-refractivity contribution is 5.69. The van der Waals surface area contributed by atoms with E-state index in [4.69, 9.17) is 56.8 Å². The van der Waals surface area contributed by atoms with Gasteiger partial charge in [-0.3, -0.25) is 19.9 Å². The van der Waals surface area contributed by atoms with Gasteiger partial charge in [0.1, 0.15) is 46.0 Å². The van der Waals surface area contributed by atoms with Crippen LogP contribution in [0.2, 0.25) is 0 Å². The first-order valence-electron chi connectivity index (χ1n) is 27.1. The molecule has 0 saturated carbocycles. The lowest BCUT2D eigenvalue weighted by Crippen LogP contribution is -2.24. The van der Waals surface area contributed by atoms with Crippen LogP contribution in [0.25, 0.3) is 0 Å². The van der Waals surface area contributed by atoms with E-state index >= 15 is 0 Å². The minimum absolute atomic E-state index is 0.139. The smallest absolute Gasteiger partial charge is 0.230 e. The Balaban J connectivity index is 1.05. The van der Waals surface area contributed by atoms with E-state index in [2.05, 4.69) is 71.9 Å². The van der Waals surface area contributed by atoms with E-state index in [-0.39, 0.29) is 77.3 Å². The molecule has 4 aliphatic heterocycles. The second kappa shape index (κ2) is 22.5. The van der Waals surface area contributed by atoms with Crippen LogP contribution < -0.4 is 37.9 Å². The van der Waals surface area contributed by atoms with Gasteiger partial charge < -0.3 is 56.8 Å². The van der Waals surface area contributed by atoms with Gasteiger partial charge in [-0.15, -0.1) is 0 Å². The van der Waals surface area contributed by atoms with Crippen LogP contribution in [0.1, 0.15) is 140 Å². The van der Waals surface area contributed by atoms with Crippen LogP contribution in [0.3, 0.4) is 0 Å². The summed E-state index contributed by atoms with van der Waals surface area (Å²) in [5.41, 5.74) is 14.2. The van der Waals surface area contributed by atoms with Gasteiger partial charge >= 0.3 is 0 Å². The third kappa shape index (κ3) is 9.75. The number of hydrogen-bond acceptors (Lipinski definition) is 16. The summed E-state index contributed by atoms with van der Waals surface area (Å²) >= 11 is 0. The molecule has 8 bridgehead atoms. The first-order valence-corrected chi connectivity index (χ1v) is 27.1. The summed E-state index contributed by atoms with van der Waals surface area (Å²) in [6.45, 7) is 10.1. The van der Waals surface area contributed by atoms with Crippen LogP contribution in [0.15, 0.2) is 122 Å². The molecule has 16 heteroatoms. The zero-order chi connectivity index (χ0) is 54.1. The lowest BCUT2D eigenvalue weighted by Gasteiger charge is -2.36. The molecule has 8 aromatic rings. The monoisotopic (exact) mass is 1080 g/mol. The number of ether oxygens (including phenoxy) is 12. The first kappa shape index (κ1) is 51.2. The maximum atomic E-state index is 6.87. The number of benzene rings is 4. The van der Waals surface area contributed by atoms with Gasteiger partial charge in [-0.2, -0.15) is 0 Å². The summed E-state index contributed by atoms with van der Waals surface area (Å²) in [7, 11) is 0. The normalized spacial score (nSPS) is 17.9. The van der Waals surface area contributed by atoms with Gasteiger partial charge in [-0.1, -0.05) is 52.0 Å². The number of hydrogen-bond donors (Lipinski definition) is 0. The van der Waals surface area contributed by atoms with E-state index in [1.807, 2.05) is 73.3 Å². The van der Waals surface area contributed by atoms with Crippen molar-refractivity contribution in [3.63, 3.8) is 0 Å². The second-order valence-electron chi connectivity index (χ2n) is 20.7. The molecular weight excluding hydrogens is 1020 g/mol. The average Bonchev–Trinajstić information content (AvgIpc) is 3.48. The van der Waals surface area contributed by atoms with Crippen LogP contribution in [-0.2, 0) is 71.8 Å². The molecule has 0 amide bonds. The van der Waals surface area contributed by atoms with Crippen molar-refractivity contribution in [1.29, 1.82) is 0 Å². The Morgan fingerprint density at radius 2 is 0.512 bits per heavy atom. The average molecular weight is 1080 g/mol. The number of pyridine rings is 4. The molecule has 1 aliphatic carbocycles. The van der Waals surface area contributed by atoms with Gasteiger partial charge in [0.2, 0.25) is 27.2 Å². The maximum absolute atomic E-state index is 6.87. The van der Waals surface area contributed by atoms with Crippen LogP contribution in [-0.4, -0.2) is 47.1 Å². The fourth-order valence-corrected chi connectivity index (χ4v) is 11.7. The van der Waals surface area contributed by atoms with Crippen LogP contribution in [0.5, 0.6) is 46.0 Å². The van der Waals surface area contributed by atoms with Gasteiger partial charge in [0.05, 0.1) is 75.1 Å². The van der Waals surface area contributed by atoms with Gasteiger partial charge in [0.15, 0.2) is 0 Å². The molecule has 5 aliphatic rings. The Morgan fingerprint density at radius 1 is 0.312 bits per heavy atom. The molecule has 80 heavy (non-hydrogen) atoms. The molecule has 13 rings (SSSR count). The van der Waals surface area contributed by atoms with Crippen LogP contribution in [0.4, 0.5) is 0 Å². The van der Waals surface area contributed by atoms with Crippen molar-refractivity contribution in [2.75, 3.05) is 27.2 Å². The van der Waals surface area contributed by atoms with E-state index in [0.29, 0.717) is 72.4 Å². The molecule has 0 N–H and O–H groups in total. The largest absolute Gasteiger partial charge is 0.457 e.